The first-order chi connectivity index (χ1) is 11.8. The molecule has 0 bridgehead atoms. The summed E-state index contributed by atoms with van der Waals surface area (Å²) in [5.74, 6) is -1.90. The fourth-order valence-corrected chi connectivity index (χ4v) is 2.67. The summed E-state index contributed by atoms with van der Waals surface area (Å²) in [4.78, 5) is 41.2. The summed E-state index contributed by atoms with van der Waals surface area (Å²) in [5, 5.41) is 18.0. The van der Waals surface area contributed by atoms with Crippen molar-refractivity contribution < 1.29 is 24.6 Å². The fraction of sp³-hybridized carbons (Fsp3) is 0.800. The predicted octanol–water partition coefficient (Wildman–Crippen LogP) is -2.51. The van der Waals surface area contributed by atoms with E-state index in [1.54, 1.807) is 21.7 Å². The van der Waals surface area contributed by atoms with E-state index in [1.165, 1.54) is 0 Å². The second kappa shape index (κ2) is 11.0. The molecule has 144 valence electrons. The molecule has 1 fully saturated rings. The van der Waals surface area contributed by atoms with Crippen molar-refractivity contribution in [2.75, 3.05) is 79.0 Å². The number of likely N-dealkylation sites (N-methyl/N-ethyl adjacent to an activating group) is 1. The van der Waals surface area contributed by atoms with Gasteiger partial charge in [0.1, 0.15) is 0 Å². The van der Waals surface area contributed by atoms with E-state index in [1.807, 2.05) is 4.90 Å². The lowest BCUT2D eigenvalue weighted by Gasteiger charge is -2.26. The minimum Gasteiger partial charge on any atom is -0.480 e. The van der Waals surface area contributed by atoms with Crippen LogP contribution in [0.5, 0.6) is 0 Å². The van der Waals surface area contributed by atoms with Gasteiger partial charge in [-0.15, -0.1) is 0 Å². The van der Waals surface area contributed by atoms with Crippen LogP contribution >= 0.6 is 0 Å². The van der Waals surface area contributed by atoms with Gasteiger partial charge < -0.3 is 20.8 Å². The fourth-order valence-electron chi connectivity index (χ4n) is 2.67. The number of carboxylic acids is 2. The Hall–Kier alpha value is -1.75. The molecule has 1 amide bonds. The van der Waals surface area contributed by atoms with Crippen molar-refractivity contribution in [1.82, 2.24) is 19.6 Å². The van der Waals surface area contributed by atoms with Crippen molar-refractivity contribution in [3.63, 3.8) is 0 Å². The maximum Gasteiger partial charge on any atom is 0.317 e. The first kappa shape index (κ1) is 21.3. The molecular weight excluding hydrogens is 330 g/mol. The molecule has 1 heterocycles. The molecule has 25 heavy (non-hydrogen) atoms. The highest BCUT2D eigenvalue weighted by Crippen LogP contribution is 2.02. The van der Waals surface area contributed by atoms with Crippen molar-refractivity contribution in [1.29, 1.82) is 0 Å². The highest BCUT2D eigenvalue weighted by molar-refractivity contribution is 5.78. The van der Waals surface area contributed by atoms with E-state index < -0.39 is 11.9 Å². The van der Waals surface area contributed by atoms with Crippen molar-refractivity contribution >= 4 is 17.8 Å². The van der Waals surface area contributed by atoms with Gasteiger partial charge in [0.25, 0.3) is 0 Å². The van der Waals surface area contributed by atoms with Gasteiger partial charge in [-0.1, -0.05) is 0 Å². The Balaban J connectivity index is 2.71. The van der Waals surface area contributed by atoms with Crippen LogP contribution in [-0.4, -0.2) is 127 Å². The number of amides is 1. The number of carboxylic acid groups (broad SMARTS) is 2. The summed E-state index contributed by atoms with van der Waals surface area (Å²) >= 11 is 0. The number of hydrogen-bond acceptors (Lipinski definition) is 7. The Morgan fingerprint density at radius 2 is 1.20 bits per heavy atom. The maximum absolute atomic E-state index is 12.2. The Labute approximate surface area is 147 Å². The van der Waals surface area contributed by atoms with Crippen LogP contribution < -0.4 is 5.73 Å². The zero-order chi connectivity index (χ0) is 18.8. The highest BCUT2D eigenvalue weighted by Gasteiger charge is 2.21. The third-order valence-electron chi connectivity index (χ3n) is 4.16. The molecule has 1 aliphatic rings. The summed E-state index contributed by atoms with van der Waals surface area (Å²) < 4.78 is 0. The average Bonchev–Trinajstić information content (AvgIpc) is 2.60. The average molecular weight is 359 g/mol. The van der Waals surface area contributed by atoms with Gasteiger partial charge in [0.15, 0.2) is 0 Å². The van der Waals surface area contributed by atoms with E-state index in [9.17, 15) is 14.4 Å². The molecule has 0 aliphatic carbocycles. The minimum atomic E-state index is -0.922. The Morgan fingerprint density at radius 3 is 1.52 bits per heavy atom. The molecule has 4 N–H and O–H groups in total. The Bertz CT molecular complexity index is 434. The molecule has 10 nitrogen and oxygen atoms in total. The number of carbonyl (C=O) groups is 3. The molecule has 0 unspecified atom stereocenters. The zero-order valence-corrected chi connectivity index (χ0v) is 14.8. The van der Waals surface area contributed by atoms with Gasteiger partial charge in [0.2, 0.25) is 5.91 Å². The Morgan fingerprint density at radius 1 is 0.840 bits per heavy atom. The third-order valence-corrected chi connectivity index (χ3v) is 4.16. The SMILES string of the molecule is CN(CCN)C(=O)CN1CCN(CC(=O)O)CCN(CC(=O)O)CC1. The van der Waals surface area contributed by atoms with Crippen LogP contribution in [0.25, 0.3) is 0 Å². The van der Waals surface area contributed by atoms with E-state index in [2.05, 4.69) is 0 Å². The van der Waals surface area contributed by atoms with Crippen LogP contribution in [0.3, 0.4) is 0 Å². The van der Waals surface area contributed by atoms with Crippen LogP contribution in [0.2, 0.25) is 0 Å². The smallest absolute Gasteiger partial charge is 0.317 e. The number of rotatable bonds is 8. The van der Waals surface area contributed by atoms with E-state index in [-0.39, 0.29) is 25.5 Å². The van der Waals surface area contributed by atoms with Crippen LogP contribution in [0, 0.1) is 0 Å². The number of aliphatic carboxylic acids is 2. The molecule has 0 radical (unpaired) electrons. The van der Waals surface area contributed by atoms with Crippen molar-refractivity contribution in [3.8, 4) is 0 Å². The van der Waals surface area contributed by atoms with E-state index in [4.69, 9.17) is 15.9 Å². The van der Waals surface area contributed by atoms with Gasteiger partial charge in [-0.05, 0) is 0 Å². The van der Waals surface area contributed by atoms with Gasteiger partial charge in [-0.25, -0.2) is 0 Å². The van der Waals surface area contributed by atoms with Crippen LogP contribution in [0.4, 0.5) is 0 Å². The number of carbonyl (C=O) groups excluding carboxylic acids is 1. The van der Waals surface area contributed by atoms with Gasteiger partial charge in [-0.2, -0.15) is 0 Å². The van der Waals surface area contributed by atoms with E-state index >= 15 is 0 Å². The summed E-state index contributed by atoms with van der Waals surface area (Å²) in [6.45, 7) is 3.96. The molecular formula is C15H29N5O5. The largest absolute Gasteiger partial charge is 0.480 e. The number of hydrogen-bond donors (Lipinski definition) is 3. The molecule has 10 heteroatoms. The predicted molar refractivity (Wildman–Crippen MR) is 91.3 cm³/mol. The van der Waals surface area contributed by atoms with E-state index in [0.717, 1.165) is 0 Å². The molecule has 0 aromatic rings. The minimum absolute atomic E-state index is 0.0562. The monoisotopic (exact) mass is 359 g/mol. The lowest BCUT2D eigenvalue weighted by atomic mass is 10.3. The lowest BCUT2D eigenvalue weighted by Crippen LogP contribution is -2.44. The van der Waals surface area contributed by atoms with Crippen molar-refractivity contribution in [3.05, 3.63) is 0 Å². The number of nitrogens with two attached hydrogens (primary N) is 1. The topological polar surface area (TPSA) is 131 Å². The molecule has 1 saturated heterocycles. The molecule has 0 saturated carbocycles. The molecule has 0 atom stereocenters. The summed E-state index contributed by atoms with van der Waals surface area (Å²) in [6, 6.07) is 0. The first-order valence-electron chi connectivity index (χ1n) is 8.36. The van der Waals surface area contributed by atoms with Gasteiger partial charge in [0, 0.05) is 59.4 Å². The standard InChI is InChI=1S/C15H29N5O5/c1-17(3-2-16)13(21)10-18-4-6-19(11-14(22)23)8-9-20(7-5-18)12-15(24)25/h2-12,16H2,1H3,(H,22,23)(H,24,25). The molecule has 0 aromatic carbocycles. The van der Waals surface area contributed by atoms with Gasteiger partial charge >= 0.3 is 11.9 Å². The van der Waals surface area contributed by atoms with E-state index in [0.29, 0.717) is 52.4 Å². The zero-order valence-electron chi connectivity index (χ0n) is 14.8. The van der Waals surface area contributed by atoms with Gasteiger partial charge in [-0.3, -0.25) is 29.1 Å². The maximum atomic E-state index is 12.2. The molecule has 0 aromatic heterocycles. The van der Waals surface area contributed by atoms with Crippen LogP contribution in [0.1, 0.15) is 0 Å². The molecule has 1 aliphatic heterocycles. The van der Waals surface area contributed by atoms with Gasteiger partial charge in [0.05, 0.1) is 19.6 Å². The molecule has 0 spiro atoms. The normalized spacial score (nSPS) is 18.2. The second-order valence-corrected chi connectivity index (χ2v) is 6.22. The second-order valence-electron chi connectivity index (χ2n) is 6.22. The van der Waals surface area contributed by atoms with Crippen molar-refractivity contribution in [2.45, 2.75) is 0 Å². The lowest BCUT2D eigenvalue weighted by molar-refractivity contribution is -0.140. The van der Waals surface area contributed by atoms with Crippen molar-refractivity contribution in [2.24, 2.45) is 5.73 Å². The highest BCUT2D eigenvalue weighted by atomic mass is 16.4. The first-order valence-corrected chi connectivity index (χ1v) is 8.36. The van der Waals surface area contributed by atoms with Crippen LogP contribution in [0.15, 0.2) is 0 Å². The third kappa shape index (κ3) is 8.77. The Kier molecular flexibility index (Phi) is 9.35. The van der Waals surface area contributed by atoms with Crippen LogP contribution in [-0.2, 0) is 14.4 Å². The summed E-state index contributed by atoms with van der Waals surface area (Å²) in [5.41, 5.74) is 5.46. The number of nitrogens with zero attached hydrogens (tertiary/aromatic N) is 4. The summed E-state index contributed by atoms with van der Waals surface area (Å²) in [7, 11) is 1.69. The molecule has 1 rings (SSSR count). The quantitative estimate of drug-likeness (QED) is 0.430. The summed E-state index contributed by atoms with van der Waals surface area (Å²) in [6.07, 6.45) is 0.